The Morgan fingerprint density at radius 3 is 2.20 bits per heavy atom. The van der Waals surface area contributed by atoms with E-state index in [0.29, 0.717) is 0 Å². The van der Waals surface area contributed by atoms with Crippen LogP contribution in [0.5, 0.6) is 0 Å². The molecule has 2 unspecified atom stereocenters. The number of alkyl halides is 3. The summed E-state index contributed by atoms with van der Waals surface area (Å²) in [5.41, 5.74) is -0.601. The topological polar surface area (TPSA) is 37.3 Å². The molecule has 1 rings (SSSR count). The lowest BCUT2D eigenvalue weighted by atomic mass is 10.1. The molecule has 0 aliphatic heterocycles. The molecule has 6 heteroatoms. The molecule has 0 aromatic heterocycles. The molecule has 86 valence electrons. The van der Waals surface area contributed by atoms with Crippen LogP contribution in [0.1, 0.15) is 13.8 Å². The molecule has 1 N–H and O–H groups in total. The Morgan fingerprint density at radius 1 is 1.47 bits per heavy atom. The maximum Gasteiger partial charge on any atom is 0.422 e. The molecule has 2 nitrogen and oxygen atoms in total. The highest BCUT2D eigenvalue weighted by Crippen LogP contribution is 2.60. The zero-order valence-electron chi connectivity index (χ0n) is 8.10. The van der Waals surface area contributed by atoms with Crippen LogP contribution in [0.3, 0.4) is 0 Å². The Bertz CT molecular complexity index is 320. The van der Waals surface area contributed by atoms with Crippen molar-refractivity contribution in [3.05, 3.63) is 10.6 Å². The third kappa shape index (κ3) is 2.35. The Labute approximate surface area is 93.3 Å². The summed E-state index contributed by atoms with van der Waals surface area (Å²) in [6.07, 6.45) is -3.50. The van der Waals surface area contributed by atoms with Gasteiger partial charge in [0.15, 0.2) is 0 Å². The fourth-order valence-electron chi connectivity index (χ4n) is 1.71. The van der Waals surface area contributed by atoms with E-state index in [4.69, 9.17) is 5.11 Å². The van der Waals surface area contributed by atoms with Crippen molar-refractivity contribution in [3.63, 3.8) is 0 Å². The average molecular weight is 287 g/mol. The predicted molar refractivity (Wildman–Crippen MR) is 51.5 cm³/mol. The Balaban J connectivity index is 2.83. The summed E-state index contributed by atoms with van der Waals surface area (Å²) in [5.74, 6) is -2.35. The maximum atomic E-state index is 12.2. The van der Waals surface area contributed by atoms with Crippen molar-refractivity contribution in [1.82, 2.24) is 0 Å². The van der Waals surface area contributed by atoms with Crippen molar-refractivity contribution in [2.24, 2.45) is 17.3 Å². The number of hydrogen-bond acceptors (Lipinski definition) is 1. The first-order chi connectivity index (χ1) is 6.58. The van der Waals surface area contributed by atoms with E-state index in [0.717, 1.165) is 6.08 Å². The molecule has 0 radical (unpaired) electrons. The van der Waals surface area contributed by atoms with Gasteiger partial charge in [-0.15, -0.1) is 0 Å². The molecule has 0 spiro atoms. The molecule has 0 aromatic rings. The fourth-order valence-corrected chi connectivity index (χ4v) is 2.00. The van der Waals surface area contributed by atoms with Crippen LogP contribution in [0.25, 0.3) is 0 Å². The highest BCUT2D eigenvalue weighted by molar-refractivity contribution is 9.11. The lowest BCUT2D eigenvalue weighted by molar-refractivity contribution is -0.139. The van der Waals surface area contributed by atoms with E-state index in [1.165, 1.54) is 0 Å². The minimum atomic E-state index is -4.44. The monoisotopic (exact) mass is 286 g/mol. The van der Waals surface area contributed by atoms with E-state index < -0.39 is 33.9 Å². The number of hydrogen-bond donors (Lipinski definition) is 1. The molecule has 1 fully saturated rings. The summed E-state index contributed by atoms with van der Waals surface area (Å²) in [4.78, 5) is 10.7. The van der Waals surface area contributed by atoms with Gasteiger partial charge in [-0.2, -0.15) is 13.2 Å². The molecule has 1 saturated carbocycles. The second kappa shape index (κ2) is 3.50. The summed E-state index contributed by atoms with van der Waals surface area (Å²) >= 11 is 2.41. The number of halogens is 4. The number of carboxylic acids is 1. The average Bonchev–Trinajstić information content (AvgIpc) is 2.50. The molecule has 0 bridgehead atoms. The van der Waals surface area contributed by atoms with E-state index in [1.54, 1.807) is 13.8 Å². The summed E-state index contributed by atoms with van der Waals surface area (Å²) in [7, 11) is 0. The zero-order chi connectivity index (χ0) is 12.0. The van der Waals surface area contributed by atoms with Gasteiger partial charge in [0.05, 0.1) is 10.4 Å². The van der Waals surface area contributed by atoms with Gasteiger partial charge in [-0.05, 0) is 27.3 Å². The normalized spacial score (nSPS) is 30.1. The Hall–Kier alpha value is -0.520. The second-order valence-electron chi connectivity index (χ2n) is 4.18. The number of carbonyl (C=O) groups is 1. The second-order valence-corrected chi connectivity index (χ2v) is 5.03. The molecule has 2 atom stereocenters. The van der Waals surface area contributed by atoms with Gasteiger partial charge in [0.1, 0.15) is 0 Å². The molecule has 0 aromatic carbocycles. The van der Waals surface area contributed by atoms with Crippen molar-refractivity contribution in [2.45, 2.75) is 20.0 Å². The molecule has 15 heavy (non-hydrogen) atoms. The summed E-state index contributed by atoms with van der Waals surface area (Å²) in [6.45, 7) is 3.28. The van der Waals surface area contributed by atoms with Crippen LogP contribution in [0.4, 0.5) is 13.2 Å². The zero-order valence-corrected chi connectivity index (χ0v) is 9.69. The highest BCUT2D eigenvalue weighted by atomic mass is 79.9. The minimum Gasteiger partial charge on any atom is -0.481 e. The lowest BCUT2D eigenvalue weighted by Crippen LogP contribution is -2.07. The van der Waals surface area contributed by atoms with E-state index >= 15 is 0 Å². The van der Waals surface area contributed by atoms with E-state index in [2.05, 4.69) is 15.9 Å². The standard InChI is InChI=1S/C9H10BrF3O2/c1-8(2)4(6(8)7(14)15)3-5(10)9(11,12)13/h3-4,6H,1-2H3,(H,14,15)/b5-3+. The quantitative estimate of drug-likeness (QED) is 0.847. The highest BCUT2D eigenvalue weighted by Gasteiger charge is 2.61. The van der Waals surface area contributed by atoms with Gasteiger partial charge in [0.25, 0.3) is 0 Å². The van der Waals surface area contributed by atoms with E-state index in [-0.39, 0.29) is 0 Å². The first kappa shape index (κ1) is 12.5. The maximum absolute atomic E-state index is 12.2. The lowest BCUT2D eigenvalue weighted by Gasteiger charge is -2.04. The SMILES string of the molecule is CC1(C)C(/C=C(/Br)C(F)(F)F)C1C(=O)O. The third-order valence-electron chi connectivity index (χ3n) is 2.77. The largest absolute Gasteiger partial charge is 0.481 e. The van der Waals surface area contributed by atoms with Crippen molar-refractivity contribution < 1.29 is 23.1 Å². The third-order valence-corrected chi connectivity index (χ3v) is 3.49. The van der Waals surface area contributed by atoms with Crippen molar-refractivity contribution in [3.8, 4) is 0 Å². The summed E-state index contributed by atoms with van der Waals surface area (Å²) in [6, 6.07) is 0. The van der Waals surface area contributed by atoms with Gasteiger partial charge in [-0.25, -0.2) is 0 Å². The summed E-state index contributed by atoms with van der Waals surface area (Å²) in [5, 5.41) is 8.75. The predicted octanol–water partition coefficient (Wildman–Crippen LogP) is 3.18. The van der Waals surface area contributed by atoms with Gasteiger partial charge in [0, 0.05) is 0 Å². The molecular weight excluding hydrogens is 277 g/mol. The Kier molecular flexibility index (Phi) is 2.93. The molecule has 0 saturated heterocycles. The first-order valence-corrected chi connectivity index (χ1v) is 5.05. The van der Waals surface area contributed by atoms with Crippen LogP contribution in [0, 0.1) is 17.3 Å². The van der Waals surface area contributed by atoms with Crippen LogP contribution >= 0.6 is 15.9 Å². The van der Waals surface area contributed by atoms with E-state index in [1.807, 2.05) is 0 Å². The smallest absolute Gasteiger partial charge is 0.422 e. The molecular formula is C9H10BrF3O2. The van der Waals surface area contributed by atoms with Crippen LogP contribution < -0.4 is 0 Å². The van der Waals surface area contributed by atoms with Crippen LogP contribution in [-0.4, -0.2) is 17.3 Å². The van der Waals surface area contributed by atoms with E-state index in [9.17, 15) is 18.0 Å². The fraction of sp³-hybridized carbons (Fsp3) is 0.667. The van der Waals surface area contributed by atoms with Crippen LogP contribution in [0.15, 0.2) is 10.6 Å². The van der Waals surface area contributed by atoms with Gasteiger partial charge >= 0.3 is 12.1 Å². The minimum absolute atomic E-state index is 0.564. The number of carboxylic acid groups (broad SMARTS) is 1. The first-order valence-electron chi connectivity index (χ1n) is 4.26. The molecule has 0 heterocycles. The Morgan fingerprint density at radius 2 is 1.93 bits per heavy atom. The van der Waals surface area contributed by atoms with Crippen LogP contribution in [0.2, 0.25) is 0 Å². The molecule has 1 aliphatic carbocycles. The molecule has 1 aliphatic rings. The number of rotatable bonds is 2. The van der Waals surface area contributed by atoms with Crippen molar-refractivity contribution in [1.29, 1.82) is 0 Å². The summed E-state index contributed by atoms with van der Waals surface area (Å²) < 4.78 is 35.6. The van der Waals surface area contributed by atoms with Gasteiger partial charge in [-0.3, -0.25) is 4.79 Å². The number of aliphatic carboxylic acids is 1. The van der Waals surface area contributed by atoms with Gasteiger partial charge < -0.3 is 5.11 Å². The van der Waals surface area contributed by atoms with Gasteiger partial charge in [0.2, 0.25) is 0 Å². The van der Waals surface area contributed by atoms with Crippen molar-refractivity contribution >= 4 is 21.9 Å². The van der Waals surface area contributed by atoms with Gasteiger partial charge in [-0.1, -0.05) is 19.9 Å². The molecule has 0 amide bonds. The van der Waals surface area contributed by atoms with Crippen molar-refractivity contribution in [2.75, 3.05) is 0 Å². The number of allylic oxidation sites excluding steroid dienone is 2. The van der Waals surface area contributed by atoms with Crippen LogP contribution in [-0.2, 0) is 4.79 Å².